The van der Waals surface area contributed by atoms with E-state index in [1.807, 2.05) is 66.7 Å². The number of anilines is 1. The first-order valence-corrected chi connectivity index (χ1v) is 11.3. The van der Waals surface area contributed by atoms with Crippen LogP contribution < -0.4 is 5.32 Å². The summed E-state index contributed by atoms with van der Waals surface area (Å²) in [6.07, 6.45) is 2.18. The largest absolute Gasteiger partial charge is 0.452 e. The quantitative estimate of drug-likeness (QED) is 0.391. The zero-order valence-corrected chi connectivity index (χ0v) is 19.2. The van der Waals surface area contributed by atoms with Gasteiger partial charge in [-0.05, 0) is 44.0 Å². The minimum absolute atomic E-state index is 0.128. The molecule has 9 heteroatoms. The van der Waals surface area contributed by atoms with Gasteiger partial charge in [0.1, 0.15) is 16.5 Å². The standard InChI is InChI=1S/C25H22ClN5O3/c1-16-23(24(26)31(28-16)19-10-6-3-7-11-19)25(33)34-15-22(32)27-21-14-20(17-12-13-17)29-30(21)18-8-4-2-5-9-18/h2-11,14,17H,12-13,15H2,1H3,(H,27,32). The molecular formula is C25H22ClN5O3. The lowest BCUT2D eigenvalue weighted by Crippen LogP contribution is -2.22. The number of aromatic nitrogens is 4. The van der Waals surface area contributed by atoms with Gasteiger partial charge in [0.15, 0.2) is 6.61 Å². The van der Waals surface area contributed by atoms with Crippen LogP contribution in [0.2, 0.25) is 5.15 Å². The predicted molar refractivity (Wildman–Crippen MR) is 128 cm³/mol. The number of nitrogens with zero attached hydrogens (tertiary/aromatic N) is 4. The van der Waals surface area contributed by atoms with Crippen LogP contribution in [0.15, 0.2) is 66.7 Å². The number of hydrogen-bond acceptors (Lipinski definition) is 5. The first-order valence-electron chi connectivity index (χ1n) is 10.9. The van der Waals surface area contributed by atoms with Crippen molar-refractivity contribution < 1.29 is 14.3 Å². The maximum Gasteiger partial charge on any atom is 0.343 e. The number of rotatable bonds is 7. The average Bonchev–Trinajstić information content (AvgIpc) is 3.55. The second-order valence-corrected chi connectivity index (χ2v) is 8.46. The maximum atomic E-state index is 12.7. The minimum atomic E-state index is -0.713. The molecule has 1 saturated carbocycles. The van der Waals surface area contributed by atoms with E-state index in [2.05, 4.69) is 15.5 Å². The molecule has 2 aromatic carbocycles. The number of nitrogens with one attached hydrogen (secondary N) is 1. The fourth-order valence-electron chi connectivity index (χ4n) is 3.69. The molecule has 172 valence electrons. The molecule has 1 amide bonds. The maximum absolute atomic E-state index is 12.7. The number of carbonyl (C=O) groups is 2. The number of esters is 1. The van der Waals surface area contributed by atoms with Crippen LogP contribution in [0.3, 0.4) is 0 Å². The molecule has 1 fully saturated rings. The molecule has 1 aliphatic rings. The van der Waals surface area contributed by atoms with Crippen LogP contribution in [0, 0.1) is 6.92 Å². The van der Waals surface area contributed by atoms with Crippen molar-refractivity contribution in [3.63, 3.8) is 0 Å². The summed E-state index contributed by atoms with van der Waals surface area (Å²) >= 11 is 6.42. The zero-order chi connectivity index (χ0) is 23.7. The lowest BCUT2D eigenvalue weighted by Gasteiger charge is -2.09. The average molecular weight is 476 g/mol. The van der Waals surface area contributed by atoms with E-state index in [9.17, 15) is 9.59 Å². The Balaban J connectivity index is 1.29. The Morgan fingerprint density at radius 3 is 2.24 bits per heavy atom. The normalized spacial score (nSPS) is 13.0. The molecule has 1 aliphatic carbocycles. The third-order valence-corrected chi connectivity index (χ3v) is 5.88. The van der Waals surface area contributed by atoms with Crippen molar-refractivity contribution in [1.29, 1.82) is 0 Å². The molecule has 2 heterocycles. The van der Waals surface area contributed by atoms with Gasteiger partial charge in [0.25, 0.3) is 5.91 Å². The third-order valence-electron chi connectivity index (χ3n) is 5.54. The molecule has 0 atom stereocenters. The number of para-hydroxylation sites is 2. The lowest BCUT2D eigenvalue weighted by atomic mass is 10.2. The van der Waals surface area contributed by atoms with Gasteiger partial charge >= 0.3 is 5.97 Å². The van der Waals surface area contributed by atoms with Gasteiger partial charge in [-0.1, -0.05) is 48.0 Å². The van der Waals surface area contributed by atoms with Gasteiger partial charge in [-0.25, -0.2) is 14.2 Å². The van der Waals surface area contributed by atoms with Crippen molar-refractivity contribution in [3.05, 3.63) is 88.8 Å². The molecule has 4 aromatic rings. The molecule has 1 N–H and O–H groups in total. The van der Waals surface area contributed by atoms with E-state index in [0.29, 0.717) is 23.1 Å². The number of benzene rings is 2. The van der Waals surface area contributed by atoms with Crippen molar-refractivity contribution in [1.82, 2.24) is 19.6 Å². The van der Waals surface area contributed by atoms with E-state index in [0.717, 1.165) is 24.2 Å². The van der Waals surface area contributed by atoms with Crippen LogP contribution >= 0.6 is 11.6 Å². The van der Waals surface area contributed by atoms with Crippen molar-refractivity contribution in [3.8, 4) is 11.4 Å². The zero-order valence-electron chi connectivity index (χ0n) is 18.4. The van der Waals surface area contributed by atoms with Crippen LogP contribution in [0.1, 0.15) is 40.5 Å². The van der Waals surface area contributed by atoms with Crippen molar-refractivity contribution >= 4 is 29.3 Å². The van der Waals surface area contributed by atoms with Crippen molar-refractivity contribution in [2.75, 3.05) is 11.9 Å². The van der Waals surface area contributed by atoms with Gasteiger partial charge in [0.2, 0.25) is 0 Å². The number of carbonyl (C=O) groups excluding carboxylic acids is 2. The van der Waals surface area contributed by atoms with E-state index in [1.165, 1.54) is 4.68 Å². The van der Waals surface area contributed by atoms with E-state index in [-0.39, 0.29) is 10.7 Å². The van der Waals surface area contributed by atoms with Gasteiger partial charge in [-0.2, -0.15) is 10.2 Å². The lowest BCUT2D eigenvalue weighted by molar-refractivity contribution is -0.119. The summed E-state index contributed by atoms with van der Waals surface area (Å²) in [5, 5.41) is 11.9. The third kappa shape index (κ3) is 4.45. The second-order valence-electron chi connectivity index (χ2n) is 8.10. The summed E-state index contributed by atoms with van der Waals surface area (Å²) in [6.45, 7) is 1.20. The highest BCUT2D eigenvalue weighted by atomic mass is 35.5. The number of hydrogen-bond donors (Lipinski definition) is 1. The van der Waals surface area contributed by atoms with Gasteiger partial charge in [0.05, 0.1) is 22.8 Å². The van der Waals surface area contributed by atoms with Gasteiger partial charge in [-0.15, -0.1) is 0 Å². The van der Waals surface area contributed by atoms with Crippen LogP contribution in [-0.2, 0) is 9.53 Å². The van der Waals surface area contributed by atoms with Gasteiger partial charge in [0, 0.05) is 12.0 Å². The molecule has 0 spiro atoms. The Kier molecular flexibility index (Phi) is 5.90. The van der Waals surface area contributed by atoms with Crippen LogP contribution in [-0.4, -0.2) is 38.0 Å². The summed E-state index contributed by atoms with van der Waals surface area (Å²) in [7, 11) is 0. The van der Waals surface area contributed by atoms with Crippen LogP contribution in [0.5, 0.6) is 0 Å². The Hall–Kier alpha value is -3.91. The summed E-state index contributed by atoms with van der Waals surface area (Å²) in [5.41, 5.74) is 3.02. The Morgan fingerprint density at radius 1 is 1.00 bits per heavy atom. The highest BCUT2D eigenvalue weighted by Gasteiger charge is 2.28. The van der Waals surface area contributed by atoms with Gasteiger partial charge < -0.3 is 10.1 Å². The minimum Gasteiger partial charge on any atom is -0.452 e. The molecule has 2 aromatic heterocycles. The van der Waals surface area contributed by atoms with E-state index >= 15 is 0 Å². The SMILES string of the molecule is Cc1nn(-c2ccccc2)c(Cl)c1C(=O)OCC(=O)Nc1cc(C2CC2)nn1-c1ccccc1. The molecule has 0 saturated heterocycles. The molecule has 34 heavy (non-hydrogen) atoms. The molecular weight excluding hydrogens is 454 g/mol. The van der Waals surface area contributed by atoms with E-state index < -0.39 is 18.5 Å². The fraction of sp³-hybridized carbons (Fsp3) is 0.200. The van der Waals surface area contributed by atoms with Gasteiger partial charge in [-0.3, -0.25) is 4.79 Å². The van der Waals surface area contributed by atoms with Crippen molar-refractivity contribution in [2.24, 2.45) is 0 Å². The Labute approximate surface area is 201 Å². The summed E-state index contributed by atoms with van der Waals surface area (Å²) in [4.78, 5) is 25.4. The first-order chi connectivity index (χ1) is 16.5. The highest BCUT2D eigenvalue weighted by molar-refractivity contribution is 6.33. The number of amides is 1. The topological polar surface area (TPSA) is 91.0 Å². The van der Waals surface area contributed by atoms with E-state index in [4.69, 9.17) is 16.3 Å². The van der Waals surface area contributed by atoms with E-state index in [1.54, 1.807) is 11.6 Å². The summed E-state index contributed by atoms with van der Waals surface area (Å²) < 4.78 is 8.42. The first kappa shape index (κ1) is 21.9. The summed E-state index contributed by atoms with van der Waals surface area (Å²) in [5.74, 6) is -0.239. The molecule has 0 aliphatic heterocycles. The molecule has 5 rings (SSSR count). The highest BCUT2D eigenvalue weighted by Crippen LogP contribution is 2.40. The monoisotopic (exact) mass is 475 g/mol. The Morgan fingerprint density at radius 2 is 1.62 bits per heavy atom. The molecule has 0 radical (unpaired) electrons. The fourth-order valence-corrected chi connectivity index (χ4v) is 4.04. The predicted octanol–water partition coefficient (Wildman–Crippen LogP) is 4.69. The smallest absolute Gasteiger partial charge is 0.343 e. The number of ether oxygens (including phenoxy) is 1. The summed E-state index contributed by atoms with van der Waals surface area (Å²) in [6, 6.07) is 20.6. The van der Waals surface area contributed by atoms with Crippen LogP contribution in [0.25, 0.3) is 11.4 Å². The number of halogens is 1. The van der Waals surface area contributed by atoms with Crippen LogP contribution in [0.4, 0.5) is 5.82 Å². The molecule has 8 nitrogen and oxygen atoms in total. The number of aryl methyl sites for hydroxylation is 1. The van der Waals surface area contributed by atoms with Crippen molar-refractivity contribution in [2.45, 2.75) is 25.7 Å². The second kappa shape index (κ2) is 9.15. The Bertz CT molecular complexity index is 1340. The molecule has 0 bridgehead atoms. The molecule has 0 unspecified atom stereocenters.